The van der Waals surface area contributed by atoms with Gasteiger partial charge in [0.25, 0.3) is 5.91 Å². The Morgan fingerprint density at radius 2 is 2.09 bits per heavy atom. The summed E-state index contributed by atoms with van der Waals surface area (Å²) in [5.41, 5.74) is 2.20. The van der Waals surface area contributed by atoms with Gasteiger partial charge in [-0.25, -0.2) is 0 Å². The topological polar surface area (TPSA) is 53.5 Å². The maximum atomic E-state index is 12.8. The summed E-state index contributed by atoms with van der Waals surface area (Å²) < 4.78 is 0. The molecule has 118 valence electrons. The van der Waals surface area contributed by atoms with Crippen LogP contribution in [0.1, 0.15) is 44.6 Å². The van der Waals surface area contributed by atoms with Crippen molar-refractivity contribution in [3.8, 4) is 0 Å². The minimum atomic E-state index is -0.625. The molecule has 2 heterocycles. The molecule has 0 unspecified atom stereocenters. The Morgan fingerprint density at radius 3 is 2.82 bits per heavy atom. The molecule has 3 rings (SSSR count). The van der Waals surface area contributed by atoms with E-state index in [1.54, 1.807) is 0 Å². The maximum Gasteiger partial charge on any atom is 0.252 e. The Morgan fingerprint density at radius 1 is 1.32 bits per heavy atom. The standard InChI is InChI=1S/C17H22ClN3O/c1-2-3-4-15-13-11-12(18)5-6-14(13)20-16(22)17(21-15)7-9-19-10-8-17/h5-6,11,19H,2-4,7-10H2,1H3,(H,20,22). The molecule has 5 heteroatoms. The van der Waals surface area contributed by atoms with Crippen LogP contribution in [-0.2, 0) is 4.79 Å². The van der Waals surface area contributed by atoms with Gasteiger partial charge in [-0.05, 0) is 57.0 Å². The van der Waals surface area contributed by atoms with E-state index in [1.807, 2.05) is 18.2 Å². The highest BCUT2D eigenvalue weighted by atomic mass is 35.5. The lowest BCUT2D eigenvalue weighted by Gasteiger charge is -2.32. The normalized spacial score (nSPS) is 20.1. The Labute approximate surface area is 136 Å². The quantitative estimate of drug-likeness (QED) is 0.897. The summed E-state index contributed by atoms with van der Waals surface area (Å²) in [6.07, 6.45) is 4.54. The highest BCUT2D eigenvalue weighted by Crippen LogP contribution is 2.33. The van der Waals surface area contributed by atoms with Gasteiger partial charge in [-0.15, -0.1) is 0 Å². The molecule has 2 aliphatic rings. The van der Waals surface area contributed by atoms with Crippen molar-refractivity contribution in [3.63, 3.8) is 0 Å². The van der Waals surface area contributed by atoms with Gasteiger partial charge >= 0.3 is 0 Å². The van der Waals surface area contributed by atoms with Gasteiger partial charge in [-0.2, -0.15) is 0 Å². The molecule has 1 spiro atoms. The molecule has 22 heavy (non-hydrogen) atoms. The monoisotopic (exact) mass is 319 g/mol. The fourth-order valence-electron chi connectivity index (χ4n) is 3.19. The molecule has 2 N–H and O–H groups in total. The van der Waals surface area contributed by atoms with Gasteiger partial charge in [-0.1, -0.05) is 24.9 Å². The number of rotatable bonds is 3. The van der Waals surface area contributed by atoms with Crippen LogP contribution in [0.3, 0.4) is 0 Å². The second-order valence-electron chi connectivity index (χ2n) is 6.09. The molecule has 1 amide bonds. The van der Waals surface area contributed by atoms with E-state index >= 15 is 0 Å². The average Bonchev–Trinajstić information content (AvgIpc) is 2.63. The Bertz CT molecular complexity index is 606. The number of fused-ring (bicyclic) bond motifs is 1. The predicted octanol–water partition coefficient (Wildman–Crippen LogP) is 3.39. The number of nitrogens with one attached hydrogen (secondary N) is 2. The van der Waals surface area contributed by atoms with Crippen LogP contribution >= 0.6 is 11.6 Å². The van der Waals surface area contributed by atoms with Crippen LogP contribution in [0.15, 0.2) is 23.2 Å². The van der Waals surface area contributed by atoms with Crippen LogP contribution in [-0.4, -0.2) is 30.2 Å². The molecule has 1 saturated heterocycles. The number of hydrogen-bond donors (Lipinski definition) is 2. The number of amides is 1. The molecule has 1 fully saturated rings. The molecular formula is C17H22ClN3O. The van der Waals surface area contributed by atoms with E-state index in [0.29, 0.717) is 5.02 Å². The summed E-state index contributed by atoms with van der Waals surface area (Å²) in [5, 5.41) is 7.07. The number of aliphatic imine (C=N–C) groups is 1. The van der Waals surface area contributed by atoms with E-state index in [9.17, 15) is 4.79 Å². The number of benzene rings is 1. The van der Waals surface area contributed by atoms with E-state index in [2.05, 4.69) is 17.6 Å². The van der Waals surface area contributed by atoms with Crippen molar-refractivity contribution >= 4 is 28.9 Å². The molecule has 4 nitrogen and oxygen atoms in total. The van der Waals surface area contributed by atoms with Gasteiger partial charge in [-0.3, -0.25) is 9.79 Å². The van der Waals surface area contributed by atoms with Crippen LogP contribution in [0.2, 0.25) is 5.02 Å². The van der Waals surface area contributed by atoms with Crippen molar-refractivity contribution in [3.05, 3.63) is 28.8 Å². The molecular weight excluding hydrogens is 298 g/mol. The SMILES string of the molecule is CCCCC1=NC2(CCNCC2)C(=O)Nc2ccc(Cl)cc21. The molecule has 0 saturated carbocycles. The van der Waals surface area contributed by atoms with Gasteiger partial charge in [0.2, 0.25) is 0 Å². The zero-order valence-electron chi connectivity index (χ0n) is 12.9. The lowest BCUT2D eigenvalue weighted by atomic mass is 9.88. The summed E-state index contributed by atoms with van der Waals surface area (Å²) in [5.74, 6) is 0.0177. The van der Waals surface area contributed by atoms with Gasteiger partial charge in [0, 0.05) is 22.0 Å². The summed E-state index contributed by atoms with van der Waals surface area (Å²) in [6, 6.07) is 5.63. The first-order chi connectivity index (χ1) is 10.6. The number of anilines is 1. The van der Waals surface area contributed by atoms with Crippen molar-refractivity contribution in [1.29, 1.82) is 0 Å². The van der Waals surface area contributed by atoms with Gasteiger partial charge in [0.1, 0.15) is 5.54 Å². The van der Waals surface area contributed by atoms with Crippen molar-refractivity contribution in [2.45, 2.75) is 44.6 Å². The summed E-state index contributed by atoms with van der Waals surface area (Å²) in [4.78, 5) is 17.8. The largest absolute Gasteiger partial charge is 0.323 e. The Balaban J connectivity index is 2.07. The fourth-order valence-corrected chi connectivity index (χ4v) is 3.36. The summed E-state index contributed by atoms with van der Waals surface area (Å²) in [6.45, 7) is 3.82. The second kappa shape index (κ2) is 6.39. The van der Waals surface area contributed by atoms with Crippen LogP contribution in [0.5, 0.6) is 0 Å². The lowest BCUT2D eigenvalue weighted by molar-refractivity contribution is -0.121. The summed E-state index contributed by atoms with van der Waals surface area (Å²) >= 11 is 6.17. The molecule has 0 radical (unpaired) electrons. The first kappa shape index (κ1) is 15.5. The van der Waals surface area contributed by atoms with Crippen molar-refractivity contribution in [2.75, 3.05) is 18.4 Å². The highest BCUT2D eigenvalue weighted by molar-refractivity contribution is 6.31. The van der Waals surface area contributed by atoms with Crippen LogP contribution in [0.4, 0.5) is 5.69 Å². The maximum absolute atomic E-state index is 12.8. The molecule has 1 aromatic rings. The van der Waals surface area contributed by atoms with E-state index in [-0.39, 0.29) is 5.91 Å². The number of carbonyl (C=O) groups excluding carboxylic acids is 1. The molecule has 0 atom stereocenters. The first-order valence-corrected chi connectivity index (χ1v) is 8.43. The minimum absolute atomic E-state index is 0.0177. The second-order valence-corrected chi connectivity index (χ2v) is 6.52. The predicted molar refractivity (Wildman–Crippen MR) is 91.0 cm³/mol. The first-order valence-electron chi connectivity index (χ1n) is 8.05. The molecule has 0 aromatic heterocycles. The smallest absolute Gasteiger partial charge is 0.252 e. The van der Waals surface area contributed by atoms with Crippen molar-refractivity contribution < 1.29 is 4.79 Å². The molecule has 0 aliphatic carbocycles. The average molecular weight is 320 g/mol. The third kappa shape index (κ3) is 2.90. The Hall–Kier alpha value is -1.39. The molecule has 0 bridgehead atoms. The highest BCUT2D eigenvalue weighted by Gasteiger charge is 2.41. The number of halogens is 1. The number of unbranched alkanes of at least 4 members (excludes halogenated alkanes) is 1. The van der Waals surface area contributed by atoms with Crippen LogP contribution < -0.4 is 10.6 Å². The van der Waals surface area contributed by atoms with E-state index in [1.165, 1.54) is 0 Å². The van der Waals surface area contributed by atoms with E-state index < -0.39 is 5.54 Å². The third-order valence-corrected chi connectivity index (χ3v) is 4.75. The van der Waals surface area contributed by atoms with Gasteiger partial charge < -0.3 is 10.6 Å². The molecule has 2 aliphatic heterocycles. The van der Waals surface area contributed by atoms with Gasteiger partial charge in [0.15, 0.2) is 0 Å². The number of nitrogens with zero attached hydrogens (tertiary/aromatic N) is 1. The van der Waals surface area contributed by atoms with E-state index in [0.717, 1.165) is 62.2 Å². The zero-order valence-corrected chi connectivity index (χ0v) is 13.7. The van der Waals surface area contributed by atoms with E-state index in [4.69, 9.17) is 16.6 Å². The fraction of sp³-hybridized carbons (Fsp3) is 0.529. The number of hydrogen-bond acceptors (Lipinski definition) is 3. The molecule has 1 aromatic carbocycles. The minimum Gasteiger partial charge on any atom is -0.323 e. The number of piperidine rings is 1. The summed E-state index contributed by atoms with van der Waals surface area (Å²) in [7, 11) is 0. The Kier molecular flexibility index (Phi) is 4.50. The number of carbonyl (C=O) groups is 1. The van der Waals surface area contributed by atoms with Crippen molar-refractivity contribution in [1.82, 2.24) is 5.32 Å². The van der Waals surface area contributed by atoms with Crippen molar-refractivity contribution in [2.24, 2.45) is 4.99 Å². The van der Waals surface area contributed by atoms with Gasteiger partial charge in [0.05, 0.1) is 0 Å². The third-order valence-electron chi connectivity index (χ3n) is 4.51. The van der Waals surface area contributed by atoms with Crippen LogP contribution in [0.25, 0.3) is 0 Å². The van der Waals surface area contributed by atoms with Crippen LogP contribution in [0, 0.1) is 0 Å². The zero-order chi connectivity index (χ0) is 15.6. The lowest BCUT2D eigenvalue weighted by Crippen LogP contribution is -2.49.